The van der Waals surface area contributed by atoms with Crippen molar-refractivity contribution in [2.45, 2.75) is 0 Å². The van der Waals surface area contributed by atoms with Gasteiger partial charge in [-0.3, -0.25) is 10.1 Å². The number of hydrogen-bond acceptors (Lipinski definition) is 4. The number of nitro benzene ring substituents is 1. The molecule has 1 aliphatic heterocycles. The molecule has 0 spiro atoms. The molecular formula is C23H23N5O2. The Morgan fingerprint density at radius 1 is 0.900 bits per heavy atom. The van der Waals surface area contributed by atoms with E-state index in [2.05, 4.69) is 32.9 Å². The number of aromatic nitrogens is 2. The molecule has 0 aliphatic carbocycles. The maximum absolute atomic E-state index is 11.8. The minimum absolute atomic E-state index is 0.119. The van der Waals surface area contributed by atoms with E-state index in [1.54, 1.807) is 6.07 Å². The molecule has 4 aromatic rings. The van der Waals surface area contributed by atoms with Crippen LogP contribution >= 0.6 is 0 Å². The van der Waals surface area contributed by atoms with Gasteiger partial charge in [-0.25, -0.2) is 0 Å². The normalized spacial score (nSPS) is 15.0. The summed E-state index contributed by atoms with van der Waals surface area (Å²) in [6.45, 7) is 3.79. The van der Waals surface area contributed by atoms with E-state index >= 15 is 0 Å². The van der Waals surface area contributed by atoms with Crippen LogP contribution in [0.4, 0.5) is 11.4 Å². The third-order valence-electron chi connectivity index (χ3n) is 5.96. The first kappa shape index (κ1) is 18.4. The van der Waals surface area contributed by atoms with Gasteiger partial charge in [-0.15, -0.1) is 0 Å². The molecule has 0 bridgehead atoms. The highest BCUT2D eigenvalue weighted by Gasteiger charge is 2.23. The number of rotatable bonds is 4. The van der Waals surface area contributed by atoms with E-state index in [0.29, 0.717) is 5.56 Å². The zero-order valence-electron chi connectivity index (χ0n) is 16.8. The van der Waals surface area contributed by atoms with E-state index in [-0.39, 0.29) is 10.6 Å². The molecule has 0 unspecified atom stereocenters. The maximum Gasteiger partial charge on any atom is 0.277 e. The molecule has 2 N–H and O–H groups in total. The second kappa shape index (κ2) is 7.35. The maximum atomic E-state index is 11.8. The number of likely N-dealkylation sites (N-methyl/N-ethyl adjacent to an activating group) is 1. The van der Waals surface area contributed by atoms with Crippen LogP contribution in [0, 0.1) is 10.1 Å². The van der Waals surface area contributed by atoms with Crippen molar-refractivity contribution in [1.29, 1.82) is 0 Å². The van der Waals surface area contributed by atoms with Gasteiger partial charge in [0, 0.05) is 84.1 Å². The van der Waals surface area contributed by atoms with Crippen LogP contribution in [0.1, 0.15) is 0 Å². The van der Waals surface area contributed by atoms with Crippen molar-refractivity contribution in [3.63, 3.8) is 0 Å². The lowest BCUT2D eigenvalue weighted by Gasteiger charge is -2.34. The van der Waals surface area contributed by atoms with Gasteiger partial charge in [0.15, 0.2) is 0 Å². The molecule has 1 aliphatic rings. The third kappa shape index (κ3) is 3.13. The quantitative estimate of drug-likeness (QED) is 0.390. The minimum Gasteiger partial charge on any atom is -0.369 e. The van der Waals surface area contributed by atoms with Crippen molar-refractivity contribution in [3.05, 3.63) is 71.2 Å². The lowest BCUT2D eigenvalue weighted by atomic mass is 9.97. The Labute approximate surface area is 174 Å². The standard InChI is InChI=1S/C23H23N5O2/c1-26-8-10-27(11-9-26)16-6-7-23(28(29)30)18(12-16)19-13-24-14-20(19)21-15-25-22-5-3-2-4-17(21)22/h2-7,12-15,24-25H,8-11H2,1H3. The Bertz CT molecular complexity index is 1220. The van der Waals surface area contributed by atoms with E-state index < -0.39 is 0 Å². The Morgan fingerprint density at radius 3 is 2.40 bits per heavy atom. The lowest BCUT2D eigenvalue weighted by molar-refractivity contribution is -0.384. The number of nitrogens with zero attached hydrogens (tertiary/aromatic N) is 3. The van der Waals surface area contributed by atoms with Crippen LogP contribution in [0.25, 0.3) is 33.2 Å². The van der Waals surface area contributed by atoms with Crippen LogP contribution in [0.3, 0.4) is 0 Å². The number of piperazine rings is 1. The molecule has 3 heterocycles. The van der Waals surface area contributed by atoms with Crippen molar-refractivity contribution < 1.29 is 4.92 Å². The summed E-state index contributed by atoms with van der Waals surface area (Å²) in [5, 5.41) is 12.9. The van der Waals surface area contributed by atoms with E-state index in [4.69, 9.17) is 0 Å². The van der Waals surface area contributed by atoms with Gasteiger partial charge in [-0.2, -0.15) is 0 Å². The molecule has 1 saturated heterocycles. The van der Waals surface area contributed by atoms with Gasteiger partial charge in [-0.1, -0.05) is 18.2 Å². The average molecular weight is 401 g/mol. The van der Waals surface area contributed by atoms with Crippen LogP contribution in [-0.4, -0.2) is 53.0 Å². The molecule has 152 valence electrons. The molecule has 2 aromatic carbocycles. The van der Waals surface area contributed by atoms with Crippen LogP contribution < -0.4 is 4.90 Å². The Hall–Kier alpha value is -3.58. The largest absolute Gasteiger partial charge is 0.369 e. The molecule has 7 nitrogen and oxygen atoms in total. The smallest absolute Gasteiger partial charge is 0.277 e. The SMILES string of the molecule is CN1CCN(c2ccc([N+](=O)[O-])c(-c3c[nH]cc3-c3c[nH]c4ccccc34)c2)CC1. The number of aromatic amines is 2. The van der Waals surface area contributed by atoms with Crippen molar-refractivity contribution >= 4 is 22.3 Å². The predicted molar refractivity (Wildman–Crippen MR) is 120 cm³/mol. The molecule has 0 amide bonds. The molecule has 30 heavy (non-hydrogen) atoms. The minimum atomic E-state index is -0.297. The van der Waals surface area contributed by atoms with Crippen molar-refractivity contribution in [1.82, 2.24) is 14.9 Å². The number of hydrogen-bond donors (Lipinski definition) is 2. The van der Waals surface area contributed by atoms with E-state index in [9.17, 15) is 10.1 Å². The fourth-order valence-electron chi connectivity index (χ4n) is 4.26. The first-order valence-corrected chi connectivity index (χ1v) is 10.1. The molecular weight excluding hydrogens is 378 g/mol. The van der Waals surface area contributed by atoms with E-state index in [0.717, 1.165) is 59.5 Å². The number of H-pyrrole nitrogens is 2. The van der Waals surface area contributed by atoms with Gasteiger partial charge < -0.3 is 19.8 Å². The second-order valence-electron chi connectivity index (χ2n) is 7.78. The lowest BCUT2D eigenvalue weighted by Crippen LogP contribution is -2.44. The summed E-state index contributed by atoms with van der Waals surface area (Å²) in [5.74, 6) is 0. The Balaban J connectivity index is 1.63. The van der Waals surface area contributed by atoms with E-state index in [1.807, 2.05) is 48.9 Å². The van der Waals surface area contributed by atoms with Gasteiger partial charge in [0.2, 0.25) is 0 Å². The summed E-state index contributed by atoms with van der Waals surface area (Å²) in [6, 6.07) is 13.5. The zero-order chi connectivity index (χ0) is 20.7. The number of nitrogens with one attached hydrogen (secondary N) is 2. The number of para-hydroxylation sites is 1. The highest BCUT2D eigenvalue weighted by atomic mass is 16.6. The van der Waals surface area contributed by atoms with Gasteiger partial charge in [-0.05, 0) is 25.2 Å². The summed E-state index contributed by atoms with van der Waals surface area (Å²) in [7, 11) is 2.12. The highest BCUT2D eigenvalue weighted by Crippen LogP contribution is 2.41. The molecule has 1 fully saturated rings. The first-order chi connectivity index (χ1) is 14.6. The zero-order valence-corrected chi connectivity index (χ0v) is 16.8. The van der Waals surface area contributed by atoms with Gasteiger partial charge in [0.1, 0.15) is 0 Å². The summed E-state index contributed by atoms with van der Waals surface area (Å²) in [4.78, 5) is 22.6. The third-order valence-corrected chi connectivity index (χ3v) is 5.96. The van der Waals surface area contributed by atoms with Gasteiger partial charge in [0.25, 0.3) is 5.69 Å². The monoisotopic (exact) mass is 401 g/mol. The van der Waals surface area contributed by atoms with Gasteiger partial charge in [0.05, 0.1) is 10.5 Å². The molecule has 5 rings (SSSR count). The topological polar surface area (TPSA) is 81.2 Å². The van der Waals surface area contributed by atoms with Crippen molar-refractivity contribution in [2.24, 2.45) is 0 Å². The van der Waals surface area contributed by atoms with E-state index in [1.165, 1.54) is 0 Å². The van der Waals surface area contributed by atoms with Crippen LogP contribution in [0.2, 0.25) is 0 Å². The number of nitro groups is 1. The number of anilines is 1. The summed E-state index contributed by atoms with van der Waals surface area (Å²) in [6.07, 6.45) is 5.73. The fraction of sp³-hybridized carbons (Fsp3) is 0.217. The fourth-order valence-corrected chi connectivity index (χ4v) is 4.26. The van der Waals surface area contributed by atoms with Crippen LogP contribution in [-0.2, 0) is 0 Å². The predicted octanol–water partition coefficient (Wildman–Crippen LogP) is 4.49. The molecule has 0 saturated carbocycles. The average Bonchev–Trinajstić information content (AvgIpc) is 3.40. The highest BCUT2D eigenvalue weighted by molar-refractivity contribution is 6.00. The molecule has 2 aromatic heterocycles. The summed E-state index contributed by atoms with van der Waals surface area (Å²) >= 11 is 0. The molecule has 0 atom stereocenters. The van der Waals surface area contributed by atoms with Gasteiger partial charge >= 0.3 is 0 Å². The molecule has 7 heteroatoms. The van der Waals surface area contributed by atoms with Crippen LogP contribution in [0.15, 0.2) is 61.1 Å². The van der Waals surface area contributed by atoms with Crippen molar-refractivity contribution in [3.8, 4) is 22.3 Å². The van der Waals surface area contributed by atoms with Crippen LogP contribution in [0.5, 0.6) is 0 Å². The molecule has 0 radical (unpaired) electrons. The Kier molecular flexibility index (Phi) is 4.52. The van der Waals surface area contributed by atoms with Crippen molar-refractivity contribution in [2.75, 3.05) is 38.1 Å². The Morgan fingerprint density at radius 2 is 1.63 bits per heavy atom. The second-order valence-corrected chi connectivity index (χ2v) is 7.78. The number of benzene rings is 2. The first-order valence-electron chi connectivity index (χ1n) is 10.1. The number of fused-ring (bicyclic) bond motifs is 1. The summed E-state index contributed by atoms with van der Waals surface area (Å²) < 4.78 is 0. The summed E-state index contributed by atoms with van der Waals surface area (Å²) in [5.41, 5.74) is 5.64.